The van der Waals surface area contributed by atoms with Gasteiger partial charge in [-0.25, -0.2) is 4.98 Å². The lowest BCUT2D eigenvalue weighted by Gasteiger charge is -2.08. The number of nitrogens with one attached hydrogen (secondary N) is 1. The molecule has 1 aromatic heterocycles. The van der Waals surface area contributed by atoms with Gasteiger partial charge in [0.1, 0.15) is 0 Å². The molecular weight excluding hydrogens is 230 g/mol. The fourth-order valence-corrected chi connectivity index (χ4v) is 1.57. The van der Waals surface area contributed by atoms with Gasteiger partial charge in [0.05, 0.1) is 12.3 Å². The molecule has 2 N–H and O–H groups in total. The van der Waals surface area contributed by atoms with Gasteiger partial charge in [0, 0.05) is 18.1 Å². The lowest BCUT2D eigenvalue weighted by atomic mass is 10.2. The van der Waals surface area contributed by atoms with E-state index in [0.717, 1.165) is 11.3 Å². The van der Waals surface area contributed by atoms with Crippen LogP contribution in [0.15, 0.2) is 36.7 Å². The summed E-state index contributed by atoms with van der Waals surface area (Å²) < 4.78 is 0. The number of carbonyl (C=O) groups is 1. The normalized spacial score (nSPS) is 10.1. The lowest BCUT2D eigenvalue weighted by molar-refractivity contribution is 0.101. The molecule has 0 spiro atoms. The Balaban J connectivity index is 2.25. The van der Waals surface area contributed by atoms with Crippen LogP contribution in [0.1, 0.15) is 21.7 Å². The van der Waals surface area contributed by atoms with Crippen LogP contribution in [0.4, 0.5) is 5.69 Å². The minimum Gasteiger partial charge on any atom is -0.390 e. The number of rotatable bonds is 3. The van der Waals surface area contributed by atoms with Crippen molar-refractivity contribution in [3.8, 4) is 0 Å². The van der Waals surface area contributed by atoms with E-state index in [1.54, 1.807) is 0 Å². The highest BCUT2D eigenvalue weighted by atomic mass is 16.3. The topological polar surface area (TPSA) is 75.1 Å². The van der Waals surface area contributed by atoms with Crippen molar-refractivity contribution in [2.45, 2.75) is 13.5 Å². The highest BCUT2D eigenvalue weighted by Gasteiger charge is 2.14. The molecule has 2 aromatic rings. The van der Waals surface area contributed by atoms with Crippen LogP contribution in [0.25, 0.3) is 0 Å². The van der Waals surface area contributed by atoms with Gasteiger partial charge in [0.25, 0.3) is 5.91 Å². The number of para-hydroxylation sites is 1. The van der Waals surface area contributed by atoms with Crippen molar-refractivity contribution in [2.24, 2.45) is 0 Å². The summed E-state index contributed by atoms with van der Waals surface area (Å²) in [4.78, 5) is 19.9. The third kappa shape index (κ3) is 2.52. The molecular formula is C13H13N3O2. The molecule has 0 bridgehead atoms. The fourth-order valence-electron chi connectivity index (χ4n) is 1.57. The number of carbonyl (C=O) groups excluding carboxylic acids is 1. The van der Waals surface area contributed by atoms with E-state index in [0.29, 0.717) is 0 Å². The Kier molecular flexibility index (Phi) is 3.64. The van der Waals surface area contributed by atoms with Gasteiger partial charge >= 0.3 is 0 Å². The molecule has 0 radical (unpaired) electrons. The number of amides is 1. The molecule has 1 amide bonds. The molecule has 5 nitrogen and oxygen atoms in total. The third-order valence-corrected chi connectivity index (χ3v) is 2.53. The first-order valence-corrected chi connectivity index (χ1v) is 5.50. The molecule has 0 aliphatic carbocycles. The minimum absolute atomic E-state index is 0.142. The number of nitrogens with zero attached hydrogens (tertiary/aromatic N) is 2. The van der Waals surface area contributed by atoms with Gasteiger partial charge in [0.15, 0.2) is 5.69 Å². The van der Waals surface area contributed by atoms with Crippen molar-refractivity contribution in [3.05, 3.63) is 53.6 Å². The van der Waals surface area contributed by atoms with Crippen LogP contribution in [0.3, 0.4) is 0 Å². The lowest BCUT2D eigenvalue weighted by Crippen LogP contribution is -2.17. The Morgan fingerprint density at radius 3 is 2.72 bits per heavy atom. The summed E-state index contributed by atoms with van der Waals surface area (Å²) in [5.41, 5.74) is 2.09. The zero-order valence-corrected chi connectivity index (χ0v) is 9.92. The Morgan fingerprint density at radius 2 is 2.00 bits per heavy atom. The second kappa shape index (κ2) is 5.37. The molecule has 0 atom stereocenters. The van der Waals surface area contributed by atoms with Gasteiger partial charge in [-0.1, -0.05) is 18.2 Å². The molecule has 0 fully saturated rings. The fraction of sp³-hybridized carbons (Fsp3) is 0.154. The summed E-state index contributed by atoms with van der Waals surface area (Å²) in [6.07, 6.45) is 2.86. The van der Waals surface area contributed by atoms with Crippen LogP contribution < -0.4 is 5.32 Å². The van der Waals surface area contributed by atoms with E-state index in [1.807, 2.05) is 31.2 Å². The SMILES string of the molecule is Cc1ccccc1NC(=O)c1nccnc1CO. The predicted molar refractivity (Wildman–Crippen MR) is 67.1 cm³/mol. The van der Waals surface area contributed by atoms with Crippen molar-refractivity contribution in [1.29, 1.82) is 0 Å². The van der Waals surface area contributed by atoms with Crippen LogP contribution in [-0.4, -0.2) is 21.0 Å². The number of aryl methyl sites for hydroxylation is 1. The van der Waals surface area contributed by atoms with E-state index in [2.05, 4.69) is 15.3 Å². The number of hydrogen-bond acceptors (Lipinski definition) is 4. The molecule has 0 saturated heterocycles. The number of aromatic nitrogens is 2. The molecule has 0 aliphatic heterocycles. The van der Waals surface area contributed by atoms with Crippen LogP contribution >= 0.6 is 0 Å². The second-order valence-corrected chi connectivity index (χ2v) is 3.78. The average molecular weight is 243 g/mol. The van der Waals surface area contributed by atoms with Gasteiger partial charge in [-0.2, -0.15) is 0 Å². The summed E-state index contributed by atoms with van der Waals surface area (Å²) in [6.45, 7) is 1.59. The van der Waals surface area contributed by atoms with Gasteiger partial charge in [0.2, 0.25) is 0 Å². The first-order chi connectivity index (χ1) is 8.72. The van der Waals surface area contributed by atoms with Crippen molar-refractivity contribution < 1.29 is 9.90 Å². The second-order valence-electron chi connectivity index (χ2n) is 3.78. The summed E-state index contributed by atoms with van der Waals surface area (Å²) >= 11 is 0. The Labute approximate surface area is 105 Å². The van der Waals surface area contributed by atoms with E-state index in [-0.39, 0.29) is 23.9 Å². The maximum atomic E-state index is 12.0. The van der Waals surface area contributed by atoms with Crippen molar-refractivity contribution >= 4 is 11.6 Å². The third-order valence-electron chi connectivity index (χ3n) is 2.53. The maximum absolute atomic E-state index is 12.0. The largest absolute Gasteiger partial charge is 0.390 e. The van der Waals surface area contributed by atoms with E-state index in [9.17, 15) is 4.79 Å². The molecule has 0 saturated carbocycles. The van der Waals surface area contributed by atoms with E-state index < -0.39 is 0 Å². The minimum atomic E-state index is -0.374. The maximum Gasteiger partial charge on any atom is 0.276 e. The predicted octanol–water partition coefficient (Wildman–Crippen LogP) is 1.53. The van der Waals surface area contributed by atoms with E-state index in [4.69, 9.17) is 5.11 Å². The van der Waals surface area contributed by atoms with Gasteiger partial charge in [-0.3, -0.25) is 9.78 Å². The highest BCUT2D eigenvalue weighted by Crippen LogP contribution is 2.14. The summed E-state index contributed by atoms with van der Waals surface area (Å²) in [5, 5.41) is 11.9. The molecule has 1 heterocycles. The van der Waals surface area contributed by atoms with Gasteiger partial charge in [-0.05, 0) is 18.6 Å². The van der Waals surface area contributed by atoms with Crippen LogP contribution in [0, 0.1) is 6.92 Å². The summed E-state index contributed by atoms with van der Waals surface area (Å²) in [7, 11) is 0. The smallest absolute Gasteiger partial charge is 0.276 e. The van der Waals surface area contributed by atoms with Crippen LogP contribution in [-0.2, 0) is 6.61 Å². The van der Waals surface area contributed by atoms with E-state index in [1.165, 1.54) is 12.4 Å². The Bertz CT molecular complexity index is 570. The van der Waals surface area contributed by atoms with Crippen molar-refractivity contribution in [3.63, 3.8) is 0 Å². The van der Waals surface area contributed by atoms with Gasteiger partial charge < -0.3 is 10.4 Å². The Hall–Kier alpha value is -2.27. The molecule has 5 heteroatoms. The van der Waals surface area contributed by atoms with E-state index >= 15 is 0 Å². The zero-order valence-electron chi connectivity index (χ0n) is 9.92. The quantitative estimate of drug-likeness (QED) is 0.857. The number of aliphatic hydroxyl groups is 1. The van der Waals surface area contributed by atoms with Crippen molar-refractivity contribution in [1.82, 2.24) is 9.97 Å². The number of benzene rings is 1. The Morgan fingerprint density at radius 1 is 1.28 bits per heavy atom. The molecule has 0 unspecified atom stereocenters. The standard InChI is InChI=1S/C13H13N3O2/c1-9-4-2-3-5-10(9)16-13(18)12-11(8-17)14-6-7-15-12/h2-7,17H,8H2,1H3,(H,16,18). The molecule has 1 aromatic carbocycles. The molecule has 18 heavy (non-hydrogen) atoms. The number of hydrogen-bond donors (Lipinski definition) is 2. The monoisotopic (exact) mass is 243 g/mol. The zero-order chi connectivity index (χ0) is 13.0. The molecule has 0 aliphatic rings. The van der Waals surface area contributed by atoms with Crippen LogP contribution in [0.5, 0.6) is 0 Å². The van der Waals surface area contributed by atoms with Crippen molar-refractivity contribution in [2.75, 3.05) is 5.32 Å². The summed E-state index contributed by atoms with van der Waals surface area (Å²) in [5.74, 6) is -0.374. The number of aliphatic hydroxyl groups excluding tert-OH is 1. The average Bonchev–Trinajstić information content (AvgIpc) is 2.41. The highest BCUT2D eigenvalue weighted by molar-refractivity contribution is 6.03. The number of anilines is 1. The molecule has 92 valence electrons. The summed E-state index contributed by atoms with van der Waals surface area (Å²) in [6, 6.07) is 7.44. The van der Waals surface area contributed by atoms with Crippen LogP contribution in [0.2, 0.25) is 0 Å². The first-order valence-electron chi connectivity index (χ1n) is 5.50. The van der Waals surface area contributed by atoms with Gasteiger partial charge in [-0.15, -0.1) is 0 Å². The first kappa shape index (κ1) is 12.2. The molecule has 2 rings (SSSR count).